The van der Waals surface area contributed by atoms with Crippen molar-refractivity contribution in [3.05, 3.63) is 0 Å². The Bertz CT molecular complexity index is 404. The number of carbonyl (C=O) groups excluding carboxylic acids is 1. The van der Waals surface area contributed by atoms with Gasteiger partial charge in [-0.1, -0.05) is 0 Å². The highest BCUT2D eigenvalue weighted by Gasteiger charge is 2.36. The molecule has 0 spiro atoms. The number of hydrogen-bond donors (Lipinski definition) is 1. The fraction of sp³-hybridized carbons (Fsp3) is 0.909. The van der Waals surface area contributed by atoms with Gasteiger partial charge in [0.15, 0.2) is 0 Å². The minimum absolute atomic E-state index is 0. The monoisotopic (exact) mass is 329 g/mol. The molecular weight excluding hydrogens is 306 g/mol. The maximum atomic E-state index is 12.4. The highest BCUT2D eigenvalue weighted by Crippen LogP contribution is 2.22. The smallest absolute Gasteiger partial charge is 0.306 e. The predicted molar refractivity (Wildman–Crippen MR) is 79.1 cm³/mol. The Hall–Kier alpha value is -0.410. The molecule has 1 rings (SSSR count). The fourth-order valence-corrected chi connectivity index (χ4v) is 3.79. The number of esters is 1. The van der Waals surface area contributed by atoms with Crippen LogP contribution in [0, 0.1) is 0 Å². The molecule has 0 amide bonds. The van der Waals surface area contributed by atoms with Gasteiger partial charge in [-0.05, 0) is 19.9 Å². The summed E-state index contributed by atoms with van der Waals surface area (Å²) in [5.41, 5.74) is 0. The SMILES string of the molecule is CNCC1CCCN1S(=O)(=O)N(C)CCC(=O)OC.Cl. The van der Waals surface area contributed by atoms with E-state index in [1.54, 1.807) is 0 Å². The third-order valence-electron chi connectivity index (χ3n) is 3.31. The van der Waals surface area contributed by atoms with Gasteiger partial charge in [0.2, 0.25) is 0 Å². The van der Waals surface area contributed by atoms with Gasteiger partial charge >= 0.3 is 5.97 Å². The lowest BCUT2D eigenvalue weighted by atomic mass is 10.2. The summed E-state index contributed by atoms with van der Waals surface area (Å²) < 4.78 is 32.0. The molecule has 0 radical (unpaired) electrons. The van der Waals surface area contributed by atoms with Crippen molar-refractivity contribution in [2.24, 2.45) is 0 Å². The summed E-state index contributed by atoms with van der Waals surface area (Å²) in [7, 11) is 1.10. The summed E-state index contributed by atoms with van der Waals surface area (Å²) in [6.45, 7) is 1.32. The summed E-state index contributed by atoms with van der Waals surface area (Å²) in [6, 6.07) is -0.00410. The van der Waals surface area contributed by atoms with Crippen molar-refractivity contribution in [3.8, 4) is 0 Å². The third-order valence-corrected chi connectivity index (χ3v) is 5.36. The zero-order valence-electron chi connectivity index (χ0n) is 12.2. The summed E-state index contributed by atoms with van der Waals surface area (Å²) in [4.78, 5) is 11.1. The van der Waals surface area contributed by atoms with Crippen LogP contribution in [0.3, 0.4) is 0 Å². The predicted octanol–water partition coefficient (Wildman–Crippen LogP) is -0.168. The van der Waals surface area contributed by atoms with Gasteiger partial charge in [0.05, 0.1) is 13.5 Å². The summed E-state index contributed by atoms with van der Waals surface area (Å²) in [6.07, 6.45) is 1.80. The minimum atomic E-state index is -3.50. The molecule has 120 valence electrons. The number of ether oxygens (including phenoxy) is 1. The van der Waals surface area contributed by atoms with E-state index < -0.39 is 16.2 Å². The molecule has 1 atom stereocenters. The quantitative estimate of drug-likeness (QED) is 0.656. The lowest BCUT2D eigenvalue weighted by Crippen LogP contribution is -2.47. The number of carbonyl (C=O) groups is 1. The van der Waals surface area contributed by atoms with E-state index in [0.29, 0.717) is 13.1 Å². The van der Waals surface area contributed by atoms with Crippen LogP contribution in [0.4, 0.5) is 0 Å². The maximum absolute atomic E-state index is 12.4. The lowest BCUT2D eigenvalue weighted by molar-refractivity contribution is -0.140. The van der Waals surface area contributed by atoms with Crippen LogP contribution in [0.2, 0.25) is 0 Å². The minimum Gasteiger partial charge on any atom is -0.469 e. The van der Waals surface area contributed by atoms with Crippen molar-refractivity contribution in [1.29, 1.82) is 0 Å². The lowest BCUT2D eigenvalue weighted by Gasteiger charge is -2.28. The molecule has 0 saturated carbocycles. The highest BCUT2D eigenvalue weighted by molar-refractivity contribution is 7.86. The Morgan fingerprint density at radius 2 is 2.15 bits per heavy atom. The molecule has 1 N–H and O–H groups in total. The molecule has 1 heterocycles. The largest absolute Gasteiger partial charge is 0.469 e. The first-order valence-corrected chi connectivity index (χ1v) is 7.77. The molecule has 1 aliphatic heterocycles. The van der Waals surface area contributed by atoms with E-state index in [0.717, 1.165) is 12.8 Å². The molecule has 1 unspecified atom stereocenters. The van der Waals surface area contributed by atoms with E-state index in [2.05, 4.69) is 10.1 Å². The Labute approximate surface area is 127 Å². The molecule has 0 aromatic carbocycles. The molecule has 0 aromatic rings. The first-order valence-electron chi connectivity index (χ1n) is 6.38. The summed E-state index contributed by atoms with van der Waals surface area (Å²) in [5.74, 6) is -0.407. The Morgan fingerprint density at radius 1 is 1.50 bits per heavy atom. The van der Waals surface area contributed by atoms with Crippen LogP contribution in [-0.2, 0) is 19.7 Å². The normalized spacial score (nSPS) is 19.9. The van der Waals surface area contributed by atoms with Crippen molar-refractivity contribution in [3.63, 3.8) is 0 Å². The standard InChI is InChI=1S/C11H23N3O4S.ClH/c1-12-9-10-5-4-7-14(10)19(16,17)13(2)8-6-11(15)18-3;/h10,12H,4-9H2,1-3H3;1H. The molecule has 1 aliphatic rings. The third kappa shape index (κ3) is 4.85. The van der Waals surface area contributed by atoms with Crippen LogP contribution in [-0.4, -0.2) is 69.9 Å². The van der Waals surface area contributed by atoms with E-state index in [1.165, 1.54) is 22.8 Å². The van der Waals surface area contributed by atoms with E-state index in [9.17, 15) is 13.2 Å². The van der Waals surface area contributed by atoms with Crippen LogP contribution in [0.15, 0.2) is 0 Å². The van der Waals surface area contributed by atoms with Gasteiger partial charge in [0.25, 0.3) is 10.2 Å². The van der Waals surface area contributed by atoms with Gasteiger partial charge in [-0.15, -0.1) is 12.4 Å². The van der Waals surface area contributed by atoms with Gasteiger partial charge in [-0.25, -0.2) is 0 Å². The topological polar surface area (TPSA) is 79.0 Å². The molecular formula is C11H24ClN3O4S. The summed E-state index contributed by atoms with van der Waals surface area (Å²) >= 11 is 0. The van der Waals surface area contributed by atoms with E-state index in [4.69, 9.17) is 0 Å². The van der Waals surface area contributed by atoms with Crippen molar-refractivity contribution in [2.45, 2.75) is 25.3 Å². The average molecular weight is 330 g/mol. The van der Waals surface area contributed by atoms with Crippen LogP contribution in [0.5, 0.6) is 0 Å². The number of nitrogens with one attached hydrogen (secondary N) is 1. The van der Waals surface area contributed by atoms with Gasteiger partial charge in [-0.3, -0.25) is 4.79 Å². The second-order valence-corrected chi connectivity index (χ2v) is 6.61. The molecule has 0 aliphatic carbocycles. The molecule has 0 bridgehead atoms. The number of halogens is 1. The van der Waals surface area contributed by atoms with Crippen molar-refractivity contribution in [1.82, 2.24) is 13.9 Å². The number of rotatable bonds is 7. The molecule has 1 saturated heterocycles. The van der Waals surface area contributed by atoms with E-state index in [-0.39, 0.29) is 31.4 Å². The number of methoxy groups -OCH3 is 1. The van der Waals surface area contributed by atoms with Gasteiger partial charge in [-0.2, -0.15) is 17.0 Å². The highest BCUT2D eigenvalue weighted by atomic mass is 35.5. The van der Waals surface area contributed by atoms with Crippen LogP contribution in [0.25, 0.3) is 0 Å². The second kappa shape index (κ2) is 8.78. The number of hydrogen-bond acceptors (Lipinski definition) is 5. The van der Waals surface area contributed by atoms with Crippen LogP contribution >= 0.6 is 12.4 Å². The van der Waals surface area contributed by atoms with Crippen LogP contribution in [0.1, 0.15) is 19.3 Å². The van der Waals surface area contributed by atoms with Crippen molar-refractivity contribution >= 4 is 28.6 Å². The molecule has 1 fully saturated rings. The Morgan fingerprint density at radius 3 is 2.70 bits per heavy atom. The first-order chi connectivity index (χ1) is 8.93. The number of nitrogens with zero attached hydrogens (tertiary/aromatic N) is 2. The molecule has 9 heteroatoms. The van der Waals surface area contributed by atoms with Crippen molar-refractivity contribution in [2.75, 3.05) is 40.8 Å². The number of likely N-dealkylation sites (N-methyl/N-ethyl adjacent to an activating group) is 1. The molecule has 7 nitrogen and oxygen atoms in total. The van der Waals surface area contributed by atoms with Gasteiger partial charge in [0, 0.05) is 32.7 Å². The van der Waals surface area contributed by atoms with E-state index >= 15 is 0 Å². The van der Waals surface area contributed by atoms with Crippen LogP contribution < -0.4 is 5.32 Å². The zero-order chi connectivity index (χ0) is 14.5. The Balaban J connectivity index is 0.00000361. The van der Waals surface area contributed by atoms with Gasteiger partial charge in [0.1, 0.15) is 0 Å². The van der Waals surface area contributed by atoms with Gasteiger partial charge < -0.3 is 10.1 Å². The maximum Gasteiger partial charge on any atom is 0.306 e. The molecule has 0 aromatic heterocycles. The first kappa shape index (κ1) is 19.6. The summed E-state index contributed by atoms with van der Waals surface area (Å²) in [5, 5.41) is 3.01. The van der Waals surface area contributed by atoms with Crippen molar-refractivity contribution < 1.29 is 17.9 Å². The second-order valence-electron chi connectivity index (χ2n) is 4.62. The fourth-order valence-electron chi connectivity index (χ4n) is 2.20. The van der Waals surface area contributed by atoms with E-state index in [1.807, 2.05) is 7.05 Å². The molecule has 20 heavy (non-hydrogen) atoms. The Kier molecular flexibility index (Phi) is 8.60. The zero-order valence-corrected chi connectivity index (χ0v) is 13.8. The average Bonchev–Trinajstić information content (AvgIpc) is 2.84.